The van der Waals surface area contributed by atoms with Crippen molar-refractivity contribution in [2.24, 2.45) is 4.99 Å². The van der Waals surface area contributed by atoms with E-state index in [1.165, 1.54) is 17.7 Å². The van der Waals surface area contributed by atoms with Crippen LogP contribution in [0.1, 0.15) is 16.9 Å². The second-order valence-corrected chi connectivity index (χ2v) is 5.98. The maximum absolute atomic E-state index is 13.3. The quantitative estimate of drug-likeness (QED) is 0.345. The Morgan fingerprint density at radius 2 is 2.04 bits per heavy atom. The lowest BCUT2D eigenvalue weighted by Gasteiger charge is -2.10. The lowest BCUT2D eigenvalue weighted by molar-refractivity contribution is 0.534. The summed E-state index contributed by atoms with van der Waals surface area (Å²) in [7, 11) is 1.73. The molecule has 0 atom stereocenters. The summed E-state index contributed by atoms with van der Waals surface area (Å²) in [4.78, 5) is 4.20. The Morgan fingerprint density at radius 1 is 1.25 bits per heavy atom. The largest absolute Gasteiger partial charge is 0.459 e. The first-order valence-electron chi connectivity index (χ1n) is 7.30. The Kier molecular flexibility index (Phi) is 6.61. The number of furan rings is 1. The third-order valence-electron chi connectivity index (χ3n) is 3.68. The van der Waals surface area contributed by atoms with E-state index in [2.05, 4.69) is 27.1 Å². The van der Waals surface area contributed by atoms with Gasteiger partial charge in [-0.25, -0.2) is 4.39 Å². The number of fused-ring (bicyclic) bond motifs is 1. The van der Waals surface area contributed by atoms with Crippen molar-refractivity contribution in [1.82, 2.24) is 10.6 Å². The van der Waals surface area contributed by atoms with Crippen molar-refractivity contribution in [1.29, 1.82) is 0 Å². The molecule has 2 N–H and O–H groups in total. The first kappa shape index (κ1) is 18.7. The van der Waals surface area contributed by atoms with Crippen LogP contribution in [0.5, 0.6) is 0 Å². The zero-order chi connectivity index (χ0) is 16.2. The van der Waals surface area contributed by atoms with Crippen LogP contribution in [-0.2, 0) is 13.1 Å². The van der Waals surface area contributed by atoms with E-state index < -0.39 is 0 Å². The number of rotatable bonds is 4. The Hall–Kier alpha value is -1.61. The van der Waals surface area contributed by atoms with Crippen molar-refractivity contribution in [2.75, 3.05) is 7.05 Å². The van der Waals surface area contributed by atoms with Crippen LogP contribution in [0.25, 0.3) is 11.0 Å². The van der Waals surface area contributed by atoms with Crippen LogP contribution in [-0.4, -0.2) is 13.0 Å². The number of nitrogens with zero attached hydrogens (tertiary/aromatic N) is 1. The molecule has 0 fully saturated rings. The van der Waals surface area contributed by atoms with Crippen molar-refractivity contribution >= 4 is 52.2 Å². The van der Waals surface area contributed by atoms with Gasteiger partial charge in [0.05, 0.1) is 6.54 Å². The summed E-state index contributed by atoms with van der Waals surface area (Å²) in [6.07, 6.45) is 0. The molecule has 0 amide bonds. The standard InChI is InChI=1S/C17H18FN3OS.HI/c1-11-14-7-13(18)3-4-15(14)22-16(11)9-21-17(19-2)20-8-12-5-6-23-10-12;/h3-7,10H,8-9H2,1-2H3,(H2,19,20,21);1H. The molecular formula is C17H19FIN3OS. The van der Waals surface area contributed by atoms with Crippen LogP contribution < -0.4 is 10.6 Å². The maximum Gasteiger partial charge on any atom is 0.191 e. The van der Waals surface area contributed by atoms with Gasteiger partial charge in [-0.1, -0.05) is 0 Å². The molecule has 3 rings (SSSR count). The third-order valence-corrected chi connectivity index (χ3v) is 4.41. The molecule has 0 saturated heterocycles. The van der Waals surface area contributed by atoms with Gasteiger partial charge in [0.1, 0.15) is 17.2 Å². The summed E-state index contributed by atoms with van der Waals surface area (Å²) >= 11 is 1.67. The molecule has 7 heteroatoms. The molecule has 0 aliphatic heterocycles. The van der Waals surface area contributed by atoms with E-state index in [1.807, 2.05) is 12.3 Å². The molecule has 24 heavy (non-hydrogen) atoms. The van der Waals surface area contributed by atoms with Crippen molar-refractivity contribution in [3.8, 4) is 0 Å². The van der Waals surface area contributed by atoms with E-state index in [1.54, 1.807) is 24.5 Å². The number of benzene rings is 1. The Morgan fingerprint density at radius 3 is 2.75 bits per heavy atom. The van der Waals surface area contributed by atoms with Crippen molar-refractivity contribution in [3.05, 3.63) is 57.7 Å². The number of thiophene rings is 1. The highest BCUT2D eigenvalue weighted by molar-refractivity contribution is 14.0. The van der Waals surface area contributed by atoms with Gasteiger partial charge in [-0.15, -0.1) is 24.0 Å². The summed E-state index contributed by atoms with van der Waals surface area (Å²) in [6.45, 7) is 3.14. The first-order valence-corrected chi connectivity index (χ1v) is 8.25. The average Bonchev–Trinajstić information content (AvgIpc) is 3.17. The lowest BCUT2D eigenvalue weighted by Crippen LogP contribution is -2.36. The van der Waals surface area contributed by atoms with Crippen molar-refractivity contribution in [3.63, 3.8) is 0 Å². The fraction of sp³-hybridized carbons (Fsp3) is 0.235. The number of hydrogen-bond acceptors (Lipinski definition) is 3. The molecule has 0 bridgehead atoms. The van der Waals surface area contributed by atoms with Crippen LogP contribution in [0.2, 0.25) is 0 Å². The van der Waals surface area contributed by atoms with Gasteiger partial charge < -0.3 is 15.1 Å². The average molecular weight is 459 g/mol. The summed E-state index contributed by atoms with van der Waals surface area (Å²) in [5, 5.41) is 11.4. The van der Waals surface area contributed by atoms with Gasteiger partial charge in [-0.2, -0.15) is 11.3 Å². The molecule has 4 nitrogen and oxygen atoms in total. The van der Waals surface area contributed by atoms with Crippen LogP contribution in [0, 0.1) is 12.7 Å². The summed E-state index contributed by atoms with van der Waals surface area (Å²) in [6, 6.07) is 6.64. The van der Waals surface area contributed by atoms with E-state index >= 15 is 0 Å². The fourth-order valence-corrected chi connectivity index (χ4v) is 3.04. The minimum Gasteiger partial charge on any atom is -0.459 e. The van der Waals surface area contributed by atoms with Crippen LogP contribution in [0.4, 0.5) is 4.39 Å². The van der Waals surface area contributed by atoms with Crippen molar-refractivity contribution < 1.29 is 8.81 Å². The fourth-order valence-electron chi connectivity index (χ4n) is 2.38. The first-order chi connectivity index (χ1) is 11.2. The summed E-state index contributed by atoms with van der Waals surface area (Å²) in [5.74, 6) is 1.22. The van der Waals surface area contributed by atoms with Gasteiger partial charge in [0, 0.05) is 24.5 Å². The Balaban J connectivity index is 0.00000208. The third kappa shape index (κ3) is 4.27. The molecule has 128 valence electrons. The van der Waals surface area contributed by atoms with E-state index in [9.17, 15) is 4.39 Å². The van der Waals surface area contributed by atoms with E-state index in [-0.39, 0.29) is 29.8 Å². The molecule has 2 aromatic heterocycles. The molecule has 0 aliphatic rings. The molecular weight excluding hydrogens is 440 g/mol. The minimum absolute atomic E-state index is 0. The predicted octanol–water partition coefficient (Wildman–Crippen LogP) is 4.43. The molecule has 1 aromatic carbocycles. The predicted molar refractivity (Wildman–Crippen MR) is 108 cm³/mol. The monoisotopic (exact) mass is 459 g/mol. The normalized spacial score (nSPS) is 11.4. The van der Waals surface area contributed by atoms with Gasteiger partial charge in [-0.3, -0.25) is 4.99 Å². The second-order valence-electron chi connectivity index (χ2n) is 5.20. The topological polar surface area (TPSA) is 49.6 Å². The molecule has 0 aliphatic carbocycles. The number of halogens is 2. The smallest absolute Gasteiger partial charge is 0.191 e. The molecule has 0 saturated carbocycles. The van der Waals surface area contributed by atoms with Crippen LogP contribution >= 0.6 is 35.3 Å². The number of aryl methyl sites for hydroxylation is 1. The van der Waals surface area contributed by atoms with Gasteiger partial charge in [0.2, 0.25) is 0 Å². The highest BCUT2D eigenvalue weighted by Gasteiger charge is 2.11. The van der Waals surface area contributed by atoms with E-state index in [0.717, 1.165) is 16.7 Å². The number of aliphatic imine (C=N–C) groups is 1. The van der Waals surface area contributed by atoms with Gasteiger partial charge in [0.25, 0.3) is 0 Å². The minimum atomic E-state index is -0.255. The van der Waals surface area contributed by atoms with Crippen molar-refractivity contribution in [2.45, 2.75) is 20.0 Å². The zero-order valence-corrected chi connectivity index (χ0v) is 16.6. The number of hydrogen-bond donors (Lipinski definition) is 2. The molecule has 0 spiro atoms. The highest BCUT2D eigenvalue weighted by Crippen LogP contribution is 2.25. The molecule has 0 radical (unpaired) electrons. The maximum atomic E-state index is 13.3. The highest BCUT2D eigenvalue weighted by atomic mass is 127. The Bertz CT molecular complexity index is 830. The SMILES string of the molecule is CN=C(NCc1ccsc1)NCc1oc2ccc(F)cc2c1C.I. The molecule has 2 heterocycles. The van der Waals surface area contributed by atoms with Crippen LogP contribution in [0.15, 0.2) is 44.4 Å². The van der Waals surface area contributed by atoms with E-state index in [0.29, 0.717) is 24.6 Å². The molecule has 0 unspecified atom stereocenters. The Labute approximate surface area is 161 Å². The summed E-state index contributed by atoms with van der Waals surface area (Å²) in [5.41, 5.74) is 2.86. The number of guanidine groups is 1. The van der Waals surface area contributed by atoms with Gasteiger partial charge in [-0.05, 0) is 47.5 Å². The second kappa shape index (κ2) is 8.48. The zero-order valence-electron chi connectivity index (χ0n) is 13.4. The number of nitrogens with one attached hydrogen (secondary N) is 2. The van der Waals surface area contributed by atoms with Gasteiger partial charge >= 0.3 is 0 Å². The van der Waals surface area contributed by atoms with Gasteiger partial charge in [0.15, 0.2) is 5.96 Å². The summed E-state index contributed by atoms with van der Waals surface area (Å²) < 4.78 is 19.1. The van der Waals surface area contributed by atoms with E-state index in [4.69, 9.17) is 4.42 Å². The lowest BCUT2D eigenvalue weighted by atomic mass is 10.1. The van der Waals surface area contributed by atoms with Crippen LogP contribution in [0.3, 0.4) is 0 Å². The molecule has 3 aromatic rings.